The number of allylic oxidation sites excluding steroid dienone is 1. The van der Waals surface area contributed by atoms with Crippen molar-refractivity contribution in [3.05, 3.63) is 36.4 Å². The smallest absolute Gasteiger partial charge is 0.124 e. The minimum atomic E-state index is 0.844. The molecule has 0 fully saturated rings. The Kier molecular flexibility index (Phi) is 3.57. The number of hydrogen-bond donors (Lipinski definition) is 0. The first-order valence-electron chi connectivity index (χ1n) is 4.64. The zero-order valence-corrected chi connectivity index (χ0v) is 9.08. The van der Waals surface area contributed by atoms with E-state index in [1.807, 2.05) is 26.2 Å². The first kappa shape index (κ1) is 10.6. The summed E-state index contributed by atoms with van der Waals surface area (Å²) in [6.07, 6.45) is 2.73. The normalized spacial score (nSPS) is 9.64. The van der Waals surface area contributed by atoms with Gasteiger partial charge in [-0.25, -0.2) is 0 Å². The zero-order chi connectivity index (χ0) is 10.6. The highest BCUT2D eigenvalue weighted by Crippen LogP contribution is 2.24. The molecular formula is C12H17NO. The fraction of sp³-hybridized carbons (Fsp3) is 0.333. The number of hydrogen-bond acceptors (Lipinski definition) is 2. The van der Waals surface area contributed by atoms with Crippen LogP contribution >= 0.6 is 0 Å². The highest BCUT2D eigenvalue weighted by molar-refractivity contribution is 5.53. The minimum absolute atomic E-state index is 0.844. The average Bonchev–Trinajstić information content (AvgIpc) is 2.18. The van der Waals surface area contributed by atoms with Crippen LogP contribution < -0.4 is 9.64 Å². The van der Waals surface area contributed by atoms with Gasteiger partial charge in [0, 0.05) is 25.8 Å². The molecule has 0 saturated heterocycles. The Morgan fingerprint density at radius 2 is 2.14 bits per heavy atom. The van der Waals surface area contributed by atoms with Gasteiger partial charge < -0.3 is 9.64 Å². The van der Waals surface area contributed by atoms with Gasteiger partial charge in [0.05, 0.1) is 7.11 Å². The van der Waals surface area contributed by atoms with Gasteiger partial charge in [-0.15, -0.1) is 6.58 Å². The predicted molar refractivity (Wildman–Crippen MR) is 61.2 cm³/mol. The van der Waals surface area contributed by atoms with Gasteiger partial charge in [-0.05, 0) is 18.1 Å². The predicted octanol–water partition coefficient (Wildman–Crippen LogP) is 2.49. The lowest BCUT2D eigenvalue weighted by Gasteiger charge is -2.15. The lowest BCUT2D eigenvalue weighted by molar-refractivity contribution is 0.411. The molecule has 0 bridgehead atoms. The maximum atomic E-state index is 5.31. The zero-order valence-electron chi connectivity index (χ0n) is 9.08. The molecular weight excluding hydrogens is 174 g/mol. The molecule has 2 heteroatoms. The summed E-state index contributed by atoms with van der Waals surface area (Å²) in [5.74, 6) is 0.927. The fourth-order valence-corrected chi connectivity index (χ4v) is 1.34. The van der Waals surface area contributed by atoms with Crippen molar-refractivity contribution in [2.24, 2.45) is 0 Å². The van der Waals surface area contributed by atoms with E-state index in [1.54, 1.807) is 7.11 Å². The summed E-state index contributed by atoms with van der Waals surface area (Å²) in [6.45, 7) is 3.72. The molecule has 0 heterocycles. The van der Waals surface area contributed by atoms with Crippen LogP contribution in [0.5, 0.6) is 5.75 Å². The van der Waals surface area contributed by atoms with E-state index in [9.17, 15) is 0 Å². The monoisotopic (exact) mass is 191 g/mol. The van der Waals surface area contributed by atoms with Crippen LogP contribution in [0.4, 0.5) is 5.69 Å². The van der Waals surface area contributed by atoms with Crippen LogP contribution in [0.15, 0.2) is 30.9 Å². The molecule has 0 aromatic heterocycles. The second-order valence-corrected chi connectivity index (χ2v) is 3.38. The largest absolute Gasteiger partial charge is 0.496 e. The minimum Gasteiger partial charge on any atom is -0.496 e. The van der Waals surface area contributed by atoms with E-state index < -0.39 is 0 Å². The molecule has 0 aliphatic carbocycles. The van der Waals surface area contributed by atoms with Gasteiger partial charge >= 0.3 is 0 Å². The Morgan fingerprint density at radius 1 is 1.43 bits per heavy atom. The Hall–Kier alpha value is -1.44. The van der Waals surface area contributed by atoms with Gasteiger partial charge in [0.15, 0.2) is 0 Å². The second-order valence-electron chi connectivity index (χ2n) is 3.38. The molecule has 0 radical (unpaired) electrons. The van der Waals surface area contributed by atoms with Crippen LogP contribution in [-0.4, -0.2) is 21.2 Å². The van der Waals surface area contributed by atoms with Crippen molar-refractivity contribution in [3.8, 4) is 5.75 Å². The van der Waals surface area contributed by atoms with E-state index in [0.717, 1.165) is 17.9 Å². The van der Waals surface area contributed by atoms with E-state index in [-0.39, 0.29) is 0 Å². The van der Waals surface area contributed by atoms with Crippen LogP contribution in [0.2, 0.25) is 0 Å². The maximum absolute atomic E-state index is 5.31. The SMILES string of the molecule is C=CCc1ccc(N(C)C)cc1OC. The van der Waals surface area contributed by atoms with E-state index in [1.165, 1.54) is 5.56 Å². The van der Waals surface area contributed by atoms with E-state index >= 15 is 0 Å². The van der Waals surface area contributed by atoms with Crippen molar-refractivity contribution in [1.29, 1.82) is 0 Å². The Morgan fingerprint density at radius 3 is 2.64 bits per heavy atom. The summed E-state index contributed by atoms with van der Waals surface area (Å²) in [7, 11) is 5.73. The molecule has 1 rings (SSSR count). The quantitative estimate of drug-likeness (QED) is 0.678. The van der Waals surface area contributed by atoms with Crippen molar-refractivity contribution >= 4 is 5.69 Å². The molecule has 0 unspecified atom stereocenters. The summed E-state index contributed by atoms with van der Waals surface area (Å²) < 4.78 is 5.31. The molecule has 1 aromatic carbocycles. The molecule has 14 heavy (non-hydrogen) atoms. The maximum Gasteiger partial charge on any atom is 0.124 e. The summed E-state index contributed by atoms with van der Waals surface area (Å²) in [5.41, 5.74) is 2.32. The molecule has 0 N–H and O–H groups in total. The molecule has 0 spiro atoms. The van der Waals surface area contributed by atoms with Crippen molar-refractivity contribution in [2.45, 2.75) is 6.42 Å². The summed E-state index contributed by atoms with van der Waals surface area (Å²) in [6, 6.07) is 6.20. The van der Waals surface area contributed by atoms with E-state index in [4.69, 9.17) is 4.74 Å². The van der Waals surface area contributed by atoms with Crippen LogP contribution in [0.3, 0.4) is 0 Å². The number of rotatable bonds is 4. The first-order chi connectivity index (χ1) is 6.69. The van der Waals surface area contributed by atoms with Gasteiger partial charge in [0.25, 0.3) is 0 Å². The molecule has 0 amide bonds. The number of anilines is 1. The average molecular weight is 191 g/mol. The Balaban J connectivity index is 3.04. The Labute approximate surface area is 85.8 Å². The van der Waals surface area contributed by atoms with Gasteiger partial charge in [-0.2, -0.15) is 0 Å². The van der Waals surface area contributed by atoms with Crippen molar-refractivity contribution in [3.63, 3.8) is 0 Å². The molecule has 76 valence electrons. The van der Waals surface area contributed by atoms with Crippen molar-refractivity contribution < 1.29 is 4.74 Å². The molecule has 2 nitrogen and oxygen atoms in total. The molecule has 0 aliphatic rings. The second kappa shape index (κ2) is 4.70. The lowest BCUT2D eigenvalue weighted by atomic mass is 10.1. The van der Waals surface area contributed by atoms with Crippen molar-refractivity contribution in [2.75, 3.05) is 26.1 Å². The molecule has 0 aliphatic heterocycles. The first-order valence-corrected chi connectivity index (χ1v) is 4.64. The fourth-order valence-electron chi connectivity index (χ4n) is 1.34. The van der Waals surface area contributed by atoms with Gasteiger partial charge in [0.1, 0.15) is 5.75 Å². The number of ether oxygens (including phenoxy) is 1. The van der Waals surface area contributed by atoms with Crippen LogP contribution in [0, 0.1) is 0 Å². The topological polar surface area (TPSA) is 12.5 Å². The van der Waals surface area contributed by atoms with E-state index in [2.05, 4.69) is 23.6 Å². The number of nitrogens with zero attached hydrogens (tertiary/aromatic N) is 1. The van der Waals surface area contributed by atoms with Gasteiger partial charge in [0.2, 0.25) is 0 Å². The summed E-state index contributed by atoms with van der Waals surface area (Å²) >= 11 is 0. The number of methoxy groups -OCH3 is 1. The van der Waals surface area contributed by atoms with Crippen molar-refractivity contribution in [1.82, 2.24) is 0 Å². The van der Waals surface area contributed by atoms with Gasteiger partial charge in [-0.1, -0.05) is 12.1 Å². The standard InChI is InChI=1S/C12H17NO/c1-5-6-10-7-8-11(13(2)3)9-12(10)14-4/h5,7-9H,1,6H2,2-4H3. The highest BCUT2D eigenvalue weighted by Gasteiger charge is 2.03. The van der Waals surface area contributed by atoms with Gasteiger partial charge in [-0.3, -0.25) is 0 Å². The van der Waals surface area contributed by atoms with Crippen LogP contribution in [-0.2, 0) is 6.42 Å². The molecule has 0 atom stereocenters. The third-order valence-corrected chi connectivity index (χ3v) is 2.15. The third kappa shape index (κ3) is 2.28. The third-order valence-electron chi connectivity index (χ3n) is 2.15. The van der Waals surface area contributed by atoms with Crippen LogP contribution in [0.1, 0.15) is 5.56 Å². The molecule has 1 aromatic rings. The molecule has 0 saturated carbocycles. The summed E-state index contributed by atoms with van der Waals surface area (Å²) in [4.78, 5) is 2.06. The number of benzene rings is 1. The van der Waals surface area contributed by atoms with E-state index in [0.29, 0.717) is 0 Å². The lowest BCUT2D eigenvalue weighted by Crippen LogP contribution is -2.08. The Bertz CT molecular complexity index is 318. The highest BCUT2D eigenvalue weighted by atomic mass is 16.5. The van der Waals surface area contributed by atoms with Crippen LogP contribution in [0.25, 0.3) is 0 Å². The summed E-state index contributed by atoms with van der Waals surface area (Å²) in [5, 5.41) is 0.